The molecule has 0 bridgehead atoms. The Balaban J connectivity index is 3.17. The quantitative estimate of drug-likeness (QED) is 0.477. The van der Waals surface area contributed by atoms with Gasteiger partial charge in [0.2, 0.25) is 11.8 Å². The van der Waals surface area contributed by atoms with Crippen LogP contribution in [0.4, 0.5) is 4.79 Å². The number of hydrogen-bond donors (Lipinski definition) is 3. The number of esters is 1. The third-order valence-electron chi connectivity index (χ3n) is 4.49. The molecule has 0 saturated heterocycles. The van der Waals surface area contributed by atoms with E-state index in [9.17, 15) is 24.3 Å². The summed E-state index contributed by atoms with van der Waals surface area (Å²) in [4.78, 5) is 50.5. The molecule has 3 N–H and O–H groups in total. The van der Waals surface area contributed by atoms with E-state index >= 15 is 0 Å². The maximum absolute atomic E-state index is 13.0. The van der Waals surface area contributed by atoms with E-state index in [0.717, 1.165) is 16.0 Å². The van der Waals surface area contributed by atoms with E-state index in [1.807, 2.05) is 19.9 Å². The van der Waals surface area contributed by atoms with E-state index in [0.29, 0.717) is 5.56 Å². The second-order valence-corrected chi connectivity index (χ2v) is 8.21. The van der Waals surface area contributed by atoms with Crippen LogP contribution in [-0.2, 0) is 23.9 Å². The number of carbonyl (C=O) groups excluding carboxylic acids is 4. The van der Waals surface area contributed by atoms with Crippen LogP contribution in [0.5, 0.6) is 0 Å². The summed E-state index contributed by atoms with van der Waals surface area (Å²) in [5.41, 5.74) is 1.65. The van der Waals surface area contributed by atoms with Crippen molar-refractivity contribution in [3.8, 4) is 0 Å². The van der Waals surface area contributed by atoms with E-state index < -0.39 is 48.7 Å². The lowest BCUT2D eigenvalue weighted by atomic mass is 9.99. The number of amides is 3. The van der Waals surface area contributed by atoms with Crippen molar-refractivity contribution in [2.45, 2.75) is 46.3 Å². The van der Waals surface area contributed by atoms with Crippen molar-refractivity contribution >= 4 is 23.9 Å². The van der Waals surface area contributed by atoms with Crippen molar-refractivity contribution < 1.29 is 33.8 Å². The molecule has 1 atom stereocenters. The molecule has 1 unspecified atom stereocenters. The Morgan fingerprint density at radius 3 is 2.25 bits per heavy atom. The molecule has 0 saturated carbocycles. The molecule has 0 aromatic heterocycles. The molecule has 0 aliphatic carbocycles. The molecule has 178 valence electrons. The van der Waals surface area contributed by atoms with Crippen molar-refractivity contribution in [1.29, 1.82) is 0 Å². The second kappa shape index (κ2) is 12.0. The summed E-state index contributed by atoms with van der Waals surface area (Å²) in [5.74, 6) is -1.89. The predicted octanol–water partition coefficient (Wildman–Crippen LogP) is 0.979. The molecule has 0 heterocycles. The highest BCUT2D eigenvalue weighted by atomic mass is 16.6. The molecule has 0 aliphatic heterocycles. The molecule has 0 radical (unpaired) electrons. The number of aliphatic hydroxyl groups is 1. The first-order valence-corrected chi connectivity index (χ1v) is 10.2. The van der Waals surface area contributed by atoms with Crippen LogP contribution in [0, 0.1) is 13.8 Å². The third-order valence-corrected chi connectivity index (χ3v) is 4.49. The van der Waals surface area contributed by atoms with Crippen molar-refractivity contribution in [1.82, 2.24) is 15.5 Å². The number of ether oxygens (including phenoxy) is 2. The van der Waals surface area contributed by atoms with Crippen LogP contribution in [0.25, 0.3) is 0 Å². The maximum Gasteiger partial charge on any atom is 0.408 e. The number of benzene rings is 1. The largest absolute Gasteiger partial charge is 0.468 e. The Morgan fingerprint density at radius 1 is 1.06 bits per heavy atom. The van der Waals surface area contributed by atoms with Crippen LogP contribution in [0.1, 0.15) is 43.5 Å². The van der Waals surface area contributed by atoms with Gasteiger partial charge in [-0.2, -0.15) is 0 Å². The van der Waals surface area contributed by atoms with Crippen LogP contribution >= 0.6 is 0 Å². The van der Waals surface area contributed by atoms with Crippen LogP contribution in [-0.4, -0.2) is 72.8 Å². The zero-order valence-electron chi connectivity index (χ0n) is 19.5. The molecule has 32 heavy (non-hydrogen) atoms. The van der Waals surface area contributed by atoms with Crippen LogP contribution < -0.4 is 10.6 Å². The topological polar surface area (TPSA) is 134 Å². The van der Waals surface area contributed by atoms with Crippen molar-refractivity contribution in [3.05, 3.63) is 34.9 Å². The molecule has 0 aliphatic rings. The van der Waals surface area contributed by atoms with Crippen LogP contribution in [0.15, 0.2) is 18.2 Å². The highest BCUT2D eigenvalue weighted by molar-refractivity contribution is 5.91. The minimum atomic E-state index is -1.14. The van der Waals surface area contributed by atoms with Gasteiger partial charge < -0.3 is 30.1 Å². The van der Waals surface area contributed by atoms with Gasteiger partial charge in [-0.15, -0.1) is 0 Å². The molecular weight excluding hydrogens is 418 g/mol. The average molecular weight is 452 g/mol. The molecule has 10 heteroatoms. The number of methoxy groups -OCH3 is 1. The molecule has 0 fully saturated rings. The molecule has 1 aromatic rings. The first kappa shape index (κ1) is 26.9. The van der Waals surface area contributed by atoms with Gasteiger partial charge in [0.1, 0.15) is 24.7 Å². The van der Waals surface area contributed by atoms with Gasteiger partial charge in [-0.05, 0) is 51.3 Å². The van der Waals surface area contributed by atoms with Gasteiger partial charge in [0.25, 0.3) is 0 Å². The van der Waals surface area contributed by atoms with E-state index in [4.69, 9.17) is 4.74 Å². The fourth-order valence-corrected chi connectivity index (χ4v) is 2.80. The van der Waals surface area contributed by atoms with Gasteiger partial charge in [-0.3, -0.25) is 14.4 Å². The lowest BCUT2D eigenvalue weighted by Gasteiger charge is -2.31. The van der Waals surface area contributed by atoms with E-state index in [-0.39, 0.29) is 13.1 Å². The Morgan fingerprint density at radius 2 is 1.72 bits per heavy atom. The van der Waals surface area contributed by atoms with Gasteiger partial charge in [-0.25, -0.2) is 4.79 Å². The predicted molar refractivity (Wildman–Crippen MR) is 117 cm³/mol. The Hall–Kier alpha value is -3.14. The number of rotatable bonds is 9. The number of alkyl carbamates (subject to hydrolysis) is 1. The number of aliphatic hydroxyl groups excluding tert-OH is 1. The molecular formula is C22H33N3O7. The standard InChI is InChI=1S/C22H33N3O7/c1-14-7-8-16(11-15(14)2)19(20(29)23-13-18(28)31-6)25(9-10-26)17(27)12-24-21(30)32-22(3,4)5/h7-8,11,19,26H,9-10,12-13H2,1-6H3,(H,23,29)(H,24,30). The SMILES string of the molecule is COC(=O)CNC(=O)C(c1ccc(C)c(C)c1)N(CCO)C(=O)CNC(=O)OC(C)(C)C. The summed E-state index contributed by atoms with van der Waals surface area (Å²) in [6.07, 6.45) is -0.785. The highest BCUT2D eigenvalue weighted by Gasteiger charge is 2.32. The summed E-state index contributed by atoms with van der Waals surface area (Å²) in [5, 5.41) is 14.4. The summed E-state index contributed by atoms with van der Waals surface area (Å²) >= 11 is 0. The zero-order chi connectivity index (χ0) is 24.5. The summed E-state index contributed by atoms with van der Waals surface area (Å²) in [7, 11) is 1.19. The third kappa shape index (κ3) is 8.54. The lowest BCUT2D eigenvalue weighted by molar-refractivity contribution is -0.144. The molecule has 3 amide bonds. The van der Waals surface area contributed by atoms with Crippen LogP contribution in [0.3, 0.4) is 0 Å². The van der Waals surface area contributed by atoms with E-state index in [1.54, 1.807) is 32.9 Å². The fourth-order valence-electron chi connectivity index (χ4n) is 2.80. The van der Waals surface area contributed by atoms with Gasteiger partial charge in [0, 0.05) is 6.54 Å². The highest BCUT2D eigenvalue weighted by Crippen LogP contribution is 2.24. The molecule has 0 spiro atoms. The minimum Gasteiger partial charge on any atom is -0.468 e. The van der Waals surface area contributed by atoms with Gasteiger partial charge >= 0.3 is 12.1 Å². The van der Waals surface area contributed by atoms with E-state index in [1.165, 1.54) is 7.11 Å². The Bertz CT molecular complexity index is 833. The number of aryl methyl sites for hydroxylation is 2. The number of nitrogens with zero attached hydrogens (tertiary/aromatic N) is 1. The first-order valence-electron chi connectivity index (χ1n) is 10.2. The summed E-state index contributed by atoms with van der Waals surface area (Å²) in [6.45, 7) is 7.43. The van der Waals surface area contributed by atoms with Gasteiger partial charge in [-0.1, -0.05) is 18.2 Å². The van der Waals surface area contributed by atoms with Crippen molar-refractivity contribution in [2.24, 2.45) is 0 Å². The molecule has 10 nitrogen and oxygen atoms in total. The van der Waals surface area contributed by atoms with Gasteiger partial charge in [0.15, 0.2) is 0 Å². The molecule has 1 rings (SSSR count). The monoisotopic (exact) mass is 451 g/mol. The van der Waals surface area contributed by atoms with Crippen molar-refractivity contribution in [2.75, 3.05) is 33.4 Å². The summed E-state index contributed by atoms with van der Waals surface area (Å²) in [6, 6.07) is 4.13. The smallest absolute Gasteiger partial charge is 0.408 e. The molecule has 1 aromatic carbocycles. The maximum atomic E-state index is 13.0. The normalized spacial score (nSPS) is 11.8. The van der Waals surface area contributed by atoms with E-state index in [2.05, 4.69) is 15.4 Å². The minimum absolute atomic E-state index is 0.169. The average Bonchev–Trinajstić information content (AvgIpc) is 2.71. The van der Waals surface area contributed by atoms with Crippen LogP contribution in [0.2, 0.25) is 0 Å². The van der Waals surface area contributed by atoms with Crippen molar-refractivity contribution in [3.63, 3.8) is 0 Å². The number of carbonyl (C=O) groups is 4. The Kier molecular flexibility index (Phi) is 10.1. The van der Waals surface area contributed by atoms with Gasteiger partial charge in [0.05, 0.1) is 13.7 Å². The fraction of sp³-hybridized carbons (Fsp3) is 0.545. The number of nitrogens with one attached hydrogen (secondary N) is 2. The second-order valence-electron chi connectivity index (χ2n) is 8.21. The zero-order valence-corrected chi connectivity index (χ0v) is 19.5. The first-order chi connectivity index (χ1) is 14.9. The summed E-state index contributed by atoms with van der Waals surface area (Å²) < 4.78 is 9.67. The number of hydrogen-bond acceptors (Lipinski definition) is 7. The lowest BCUT2D eigenvalue weighted by Crippen LogP contribution is -2.49. The Labute approximate surface area is 188 Å².